The van der Waals surface area contributed by atoms with Gasteiger partial charge in [-0.05, 0) is 60.0 Å². The van der Waals surface area contributed by atoms with Gasteiger partial charge in [0, 0.05) is 34.4 Å². The third-order valence-corrected chi connectivity index (χ3v) is 4.89. The number of anilines is 1. The highest BCUT2D eigenvalue weighted by molar-refractivity contribution is 6.30. The molecule has 4 N–H and O–H groups in total. The topological polar surface area (TPSA) is 83.8 Å². The van der Waals surface area contributed by atoms with Crippen LogP contribution in [0.25, 0.3) is 22.2 Å². The van der Waals surface area contributed by atoms with Crippen molar-refractivity contribution in [1.29, 1.82) is 0 Å². The molecule has 0 fully saturated rings. The van der Waals surface area contributed by atoms with Gasteiger partial charge in [-0.2, -0.15) is 0 Å². The lowest BCUT2D eigenvalue weighted by atomic mass is 9.93. The van der Waals surface area contributed by atoms with Gasteiger partial charge in [-0.15, -0.1) is 0 Å². The molecule has 0 aliphatic heterocycles. The molecule has 0 aliphatic rings. The van der Waals surface area contributed by atoms with Gasteiger partial charge < -0.3 is 16.0 Å². The smallest absolute Gasteiger partial charge is 0.255 e. The Morgan fingerprint density at radius 3 is 2.82 bits per heavy atom. The summed E-state index contributed by atoms with van der Waals surface area (Å²) < 4.78 is 0. The van der Waals surface area contributed by atoms with Crippen LogP contribution in [-0.2, 0) is 0 Å². The number of nitrogens with one attached hydrogen (secondary N) is 2. The number of nitrogens with two attached hydrogens (primary N) is 1. The largest absolute Gasteiger partial charge is 0.346 e. The van der Waals surface area contributed by atoms with Crippen LogP contribution in [-0.4, -0.2) is 15.9 Å². The number of halogens is 1. The van der Waals surface area contributed by atoms with Gasteiger partial charge in [-0.1, -0.05) is 29.8 Å². The molecule has 0 saturated carbocycles. The number of fused-ring (bicyclic) bond motifs is 1. The molecule has 1 atom stereocenters. The lowest BCUT2D eigenvalue weighted by molar-refractivity contribution is 0.102. The number of aromatic amines is 1. The van der Waals surface area contributed by atoms with Crippen LogP contribution in [0.2, 0.25) is 5.02 Å². The first-order valence-electron chi connectivity index (χ1n) is 8.92. The second-order valence-corrected chi connectivity index (χ2v) is 7.09. The number of nitrogens with zero attached hydrogens (tertiary/aromatic N) is 1. The number of aromatic nitrogens is 2. The molecule has 140 valence electrons. The van der Waals surface area contributed by atoms with Crippen LogP contribution >= 0.6 is 11.6 Å². The summed E-state index contributed by atoms with van der Waals surface area (Å²) in [5.41, 5.74) is 10.9. The van der Waals surface area contributed by atoms with Crippen molar-refractivity contribution in [3.8, 4) is 11.1 Å². The van der Waals surface area contributed by atoms with Gasteiger partial charge in [-0.25, -0.2) is 4.98 Å². The summed E-state index contributed by atoms with van der Waals surface area (Å²) in [6.45, 7) is 1.92. The summed E-state index contributed by atoms with van der Waals surface area (Å²) in [4.78, 5) is 20.2. The van der Waals surface area contributed by atoms with E-state index >= 15 is 0 Å². The first-order valence-corrected chi connectivity index (χ1v) is 9.29. The fourth-order valence-electron chi connectivity index (χ4n) is 3.26. The van der Waals surface area contributed by atoms with E-state index in [1.165, 1.54) is 0 Å². The molecule has 4 aromatic rings. The summed E-state index contributed by atoms with van der Waals surface area (Å²) in [6, 6.07) is 16.6. The average molecular weight is 391 g/mol. The van der Waals surface area contributed by atoms with Crippen molar-refractivity contribution in [3.63, 3.8) is 0 Å². The number of hydrogen-bond acceptors (Lipinski definition) is 3. The van der Waals surface area contributed by atoms with Gasteiger partial charge in [0.1, 0.15) is 5.65 Å². The first-order chi connectivity index (χ1) is 13.5. The van der Waals surface area contributed by atoms with Crippen LogP contribution in [0, 0.1) is 0 Å². The zero-order chi connectivity index (χ0) is 19.7. The Morgan fingerprint density at radius 1 is 1.18 bits per heavy atom. The lowest BCUT2D eigenvalue weighted by Crippen LogP contribution is -2.14. The van der Waals surface area contributed by atoms with E-state index in [0.717, 1.165) is 27.7 Å². The molecule has 0 saturated heterocycles. The summed E-state index contributed by atoms with van der Waals surface area (Å²) in [5.74, 6) is -0.201. The Balaban J connectivity index is 1.73. The van der Waals surface area contributed by atoms with Gasteiger partial charge in [0.25, 0.3) is 5.91 Å². The number of benzene rings is 2. The summed E-state index contributed by atoms with van der Waals surface area (Å²) in [5, 5.41) is 4.46. The molecule has 2 heterocycles. The molecule has 2 aromatic heterocycles. The molecule has 0 radical (unpaired) electrons. The van der Waals surface area contributed by atoms with E-state index in [1.807, 2.05) is 49.4 Å². The number of amides is 1. The predicted molar refractivity (Wildman–Crippen MR) is 114 cm³/mol. The van der Waals surface area contributed by atoms with Crippen molar-refractivity contribution < 1.29 is 4.79 Å². The van der Waals surface area contributed by atoms with Crippen LogP contribution in [0.5, 0.6) is 0 Å². The van der Waals surface area contributed by atoms with Gasteiger partial charge in [0.05, 0.1) is 5.69 Å². The number of pyridine rings is 1. The molecule has 0 bridgehead atoms. The molecule has 0 spiro atoms. The number of carbonyl (C=O) groups excluding carboxylic acids is 1. The Morgan fingerprint density at radius 2 is 2.04 bits per heavy atom. The number of hydrogen-bond donors (Lipinski definition) is 3. The number of H-pyrrole nitrogens is 1. The average Bonchev–Trinajstić information content (AvgIpc) is 3.17. The van der Waals surface area contributed by atoms with Gasteiger partial charge in [0.2, 0.25) is 0 Å². The molecule has 4 rings (SSSR count). The van der Waals surface area contributed by atoms with Gasteiger partial charge in [-0.3, -0.25) is 4.79 Å². The van der Waals surface area contributed by atoms with Crippen LogP contribution in [0.4, 0.5) is 5.69 Å². The highest BCUT2D eigenvalue weighted by atomic mass is 35.5. The summed E-state index contributed by atoms with van der Waals surface area (Å²) in [6.07, 6.45) is 3.45. The summed E-state index contributed by atoms with van der Waals surface area (Å²) >= 11 is 6.16. The quantitative estimate of drug-likeness (QED) is 0.450. The third kappa shape index (κ3) is 3.50. The maximum absolute atomic E-state index is 12.9. The monoisotopic (exact) mass is 390 g/mol. The van der Waals surface area contributed by atoms with Crippen molar-refractivity contribution in [2.24, 2.45) is 5.73 Å². The number of carbonyl (C=O) groups is 1. The number of rotatable bonds is 4. The molecule has 0 aliphatic carbocycles. The fraction of sp³-hybridized carbons (Fsp3) is 0.0909. The Hall–Kier alpha value is -3.15. The molecule has 1 amide bonds. The predicted octanol–water partition coefficient (Wildman–Crippen LogP) is 5.16. The third-order valence-electron chi connectivity index (χ3n) is 4.65. The van der Waals surface area contributed by atoms with E-state index in [0.29, 0.717) is 16.3 Å². The normalized spacial score (nSPS) is 12.1. The second-order valence-electron chi connectivity index (χ2n) is 6.65. The fourth-order valence-corrected chi connectivity index (χ4v) is 3.46. The first kappa shape index (κ1) is 18.2. The highest BCUT2D eigenvalue weighted by Gasteiger charge is 2.15. The van der Waals surface area contributed by atoms with Crippen molar-refractivity contribution in [2.45, 2.75) is 13.0 Å². The van der Waals surface area contributed by atoms with Crippen LogP contribution in [0.15, 0.2) is 67.0 Å². The van der Waals surface area contributed by atoms with Crippen molar-refractivity contribution in [3.05, 3.63) is 83.1 Å². The summed E-state index contributed by atoms with van der Waals surface area (Å²) in [7, 11) is 0. The second kappa shape index (κ2) is 7.46. The van der Waals surface area contributed by atoms with Crippen LogP contribution < -0.4 is 11.1 Å². The van der Waals surface area contributed by atoms with E-state index < -0.39 is 0 Å². The van der Waals surface area contributed by atoms with E-state index in [2.05, 4.69) is 15.3 Å². The molecule has 28 heavy (non-hydrogen) atoms. The van der Waals surface area contributed by atoms with Crippen molar-refractivity contribution in [1.82, 2.24) is 9.97 Å². The van der Waals surface area contributed by atoms with E-state index in [9.17, 15) is 4.79 Å². The maximum atomic E-state index is 12.9. The highest BCUT2D eigenvalue weighted by Crippen LogP contribution is 2.31. The van der Waals surface area contributed by atoms with Gasteiger partial charge in [0.15, 0.2) is 0 Å². The zero-order valence-electron chi connectivity index (χ0n) is 15.2. The van der Waals surface area contributed by atoms with Crippen molar-refractivity contribution >= 4 is 34.2 Å². The van der Waals surface area contributed by atoms with Gasteiger partial charge >= 0.3 is 0 Å². The van der Waals surface area contributed by atoms with E-state index in [4.69, 9.17) is 17.3 Å². The van der Waals surface area contributed by atoms with Crippen LogP contribution in [0.1, 0.15) is 28.9 Å². The van der Waals surface area contributed by atoms with Crippen LogP contribution in [0.3, 0.4) is 0 Å². The molecular formula is C22H19ClN4O. The minimum atomic E-state index is -0.201. The molecule has 6 heteroatoms. The standard InChI is InChI=1S/C22H19ClN4O/c1-13(24)17-6-5-15(12-19(17)14-3-2-4-16(23)11-14)22(28)27-20-8-10-26-21-18(20)7-9-25-21/h2-13H,24H2,1H3,(H2,25,26,27,28). The maximum Gasteiger partial charge on any atom is 0.255 e. The lowest BCUT2D eigenvalue weighted by Gasteiger charge is -2.15. The minimum Gasteiger partial charge on any atom is -0.346 e. The SMILES string of the molecule is CC(N)c1ccc(C(=O)Nc2ccnc3[nH]ccc23)cc1-c1cccc(Cl)c1. The molecule has 1 unspecified atom stereocenters. The molecule has 5 nitrogen and oxygen atoms in total. The Kier molecular flexibility index (Phi) is 4.86. The van der Waals surface area contributed by atoms with E-state index in [1.54, 1.807) is 24.5 Å². The Bertz CT molecular complexity index is 1170. The molecular weight excluding hydrogens is 372 g/mol. The molecule has 2 aromatic carbocycles. The Labute approximate surface area is 167 Å². The zero-order valence-corrected chi connectivity index (χ0v) is 16.0. The van der Waals surface area contributed by atoms with E-state index in [-0.39, 0.29) is 11.9 Å². The minimum absolute atomic E-state index is 0.175. The van der Waals surface area contributed by atoms with Crippen molar-refractivity contribution in [2.75, 3.05) is 5.32 Å².